The quantitative estimate of drug-likeness (QED) is 0.862. The molecule has 1 aromatic rings. The van der Waals surface area contributed by atoms with Crippen molar-refractivity contribution < 1.29 is 0 Å². The van der Waals surface area contributed by atoms with E-state index in [1.165, 1.54) is 36.2 Å². The Morgan fingerprint density at radius 3 is 2.59 bits per heavy atom. The Morgan fingerprint density at radius 1 is 1.24 bits per heavy atom. The molecule has 1 N–H and O–H groups in total. The highest BCUT2D eigenvalue weighted by Crippen LogP contribution is 2.27. The zero-order chi connectivity index (χ0) is 12.3. The number of benzene rings is 1. The molecule has 1 aliphatic heterocycles. The van der Waals surface area contributed by atoms with Gasteiger partial charge in [0.1, 0.15) is 0 Å². The molecule has 0 amide bonds. The van der Waals surface area contributed by atoms with Gasteiger partial charge in [0, 0.05) is 32.2 Å². The van der Waals surface area contributed by atoms with Crippen LogP contribution in [-0.4, -0.2) is 31.1 Å². The van der Waals surface area contributed by atoms with Crippen molar-refractivity contribution in [1.82, 2.24) is 10.2 Å². The lowest BCUT2D eigenvalue weighted by atomic mass is 9.95. The van der Waals surface area contributed by atoms with Gasteiger partial charge in [-0.05, 0) is 31.4 Å². The van der Waals surface area contributed by atoms with Gasteiger partial charge in [-0.2, -0.15) is 0 Å². The molecule has 0 saturated carbocycles. The largest absolute Gasteiger partial charge is 0.314 e. The minimum Gasteiger partial charge on any atom is -0.314 e. The first-order valence-corrected chi connectivity index (χ1v) is 6.74. The highest BCUT2D eigenvalue weighted by atomic mass is 15.2. The summed E-state index contributed by atoms with van der Waals surface area (Å²) >= 11 is 0. The van der Waals surface area contributed by atoms with Gasteiger partial charge in [0.25, 0.3) is 0 Å². The third-order valence-corrected chi connectivity index (χ3v) is 3.77. The number of piperazine rings is 1. The van der Waals surface area contributed by atoms with Crippen molar-refractivity contribution >= 4 is 0 Å². The summed E-state index contributed by atoms with van der Waals surface area (Å²) in [6, 6.07) is 7.43. The third kappa shape index (κ3) is 2.88. The Balaban J connectivity index is 2.24. The highest BCUT2D eigenvalue weighted by molar-refractivity contribution is 5.33. The predicted octanol–water partition coefficient (Wildman–Crippen LogP) is 2.66. The van der Waals surface area contributed by atoms with E-state index in [-0.39, 0.29) is 0 Å². The molecule has 0 radical (unpaired) electrons. The van der Waals surface area contributed by atoms with E-state index in [1.54, 1.807) is 0 Å². The molecule has 1 aliphatic rings. The molecule has 1 heterocycles. The van der Waals surface area contributed by atoms with Crippen molar-refractivity contribution in [2.45, 2.75) is 33.2 Å². The molecule has 2 rings (SSSR count). The number of hydrogen-bond acceptors (Lipinski definition) is 2. The average Bonchev–Trinajstić information content (AvgIpc) is 2.36. The maximum atomic E-state index is 3.43. The summed E-state index contributed by atoms with van der Waals surface area (Å²) in [4.78, 5) is 2.62. The van der Waals surface area contributed by atoms with Crippen molar-refractivity contribution in [2.75, 3.05) is 26.2 Å². The Labute approximate surface area is 105 Å². The molecule has 1 saturated heterocycles. The summed E-state index contributed by atoms with van der Waals surface area (Å²) in [6.07, 6.45) is 1.20. The number of hydrogen-bond donors (Lipinski definition) is 1. The van der Waals surface area contributed by atoms with Gasteiger partial charge in [-0.15, -0.1) is 0 Å². The normalized spacial score (nSPS) is 19.2. The Bertz CT molecular complexity index is 367. The topological polar surface area (TPSA) is 15.3 Å². The number of nitrogens with one attached hydrogen (secondary N) is 1. The molecule has 0 aromatic heterocycles. The van der Waals surface area contributed by atoms with Crippen LogP contribution in [0.5, 0.6) is 0 Å². The molecule has 17 heavy (non-hydrogen) atoms. The van der Waals surface area contributed by atoms with E-state index in [2.05, 4.69) is 49.2 Å². The van der Waals surface area contributed by atoms with E-state index in [4.69, 9.17) is 0 Å². The molecule has 1 unspecified atom stereocenters. The first-order chi connectivity index (χ1) is 8.22. The Morgan fingerprint density at radius 2 is 1.94 bits per heavy atom. The lowest BCUT2D eigenvalue weighted by Crippen LogP contribution is -2.45. The van der Waals surface area contributed by atoms with Gasteiger partial charge in [-0.1, -0.05) is 30.7 Å². The molecule has 0 aliphatic carbocycles. The molecular weight excluding hydrogens is 208 g/mol. The fourth-order valence-electron chi connectivity index (χ4n) is 2.79. The second-order valence-corrected chi connectivity index (χ2v) is 5.07. The van der Waals surface area contributed by atoms with E-state index in [9.17, 15) is 0 Å². The zero-order valence-electron chi connectivity index (χ0n) is 11.3. The molecule has 2 heteroatoms. The van der Waals surface area contributed by atoms with Crippen molar-refractivity contribution in [3.8, 4) is 0 Å². The minimum absolute atomic E-state index is 0.594. The molecule has 94 valence electrons. The standard InChI is InChI=1S/C15H24N2/c1-4-15(17-9-7-16-8-10-17)14-11-12(2)5-6-13(14)3/h5-6,11,15-16H,4,7-10H2,1-3H3. The summed E-state index contributed by atoms with van der Waals surface area (Å²) in [5.41, 5.74) is 4.33. The van der Waals surface area contributed by atoms with Gasteiger partial charge >= 0.3 is 0 Å². The third-order valence-electron chi connectivity index (χ3n) is 3.77. The zero-order valence-corrected chi connectivity index (χ0v) is 11.3. The number of nitrogens with zero attached hydrogens (tertiary/aromatic N) is 1. The SMILES string of the molecule is CCC(c1cc(C)ccc1C)N1CCNCC1. The van der Waals surface area contributed by atoms with Crippen LogP contribution in [0.3, 0.4) is 0 Å². The van der Waals surface area contributed by atoms with E-state index in [1.807, 2.05) is 0 Å². The number of aryl methyl sites for hydroxylation is 2. The second-order valence-electron chi connectivity index (χ2n) is 5.07. The first kappa shape index (κ1) is 12.6. The van der Waals surface area contributed by atoms with Crippen molar-refractivity contribution in [3.05, 3.63) is 34.9 Å². The van der Waals surface area contributed by atoms with Crippen LogP contribution >= 0.6 is 0 Å². The lowest BCUT2D eigenvalue weighted by molar-refractivity contribution is 0.169. The molecule has 1 fully saturated rings. The molecule has 0 bridgehead atoms. The molecule has 0 spiro atoms. The second kappa shape index (κ2) is 5.65. The van der Waals surface area contributed by atoms with Crippen LogP contribution in [0, 0.1) is 13.8 Å². The van der Waals surface area contributed by atoms with Gasteiger partial charge in [0.15, 0.2) is 0 Å². The van der Waals surface area contributed by atoms with E-state index in [0.717, 1.165) is 13.1 Å². The highest BCUT2D eigenvalue weighted by Gasteiger charge is 2.21. The molecule has 2 nitrogen and oxygen atoms in total. The van der Waals surface area contributed by atoms with Crippen molar-refractivity contribution in [1.29, 1.82) is 0 Å². The lowest BCUT2D eigenvalue weighted by Gasteiger charge is -2.35. The summed E-state index contributed by atoms with van der Waals surface area (Å²) in [7, 11) is 0. The van der Waals surface area contributed by atoms with Crippen LogP contribution in [0.1, 0.15) is 36.1 Å². The van der Waals surface area contributed by atoms with E-state index < -0.39 is 0 Å². The van der Waals surface area contributed by atoms with Crippen LogP contribution in [0.25, 0.3) is 0 Å². The van der Waals surface area contributed by atoms with Crippen LogP contribution in [0.15, 0.2) is 18.2 Å². The summed E-state index contributed by atoms with van der Waals surface area (Å²) in [6.45, 7) is 11.3. The van der Waals surface area contributed by atoms with Crippen molar-refractivity contribution in [3.63, 3.8) is 0 Å². The molecule has 1 aromatic carbocycles. The van der Waals surface area contributed by atoms with Crippen LogP contribution in [-0.2, 0) is 0 Å². The van der Waals surface area contributed by atoms with Crippen LogP contribution in [0.4, 0.5) is 0 Å². The fourth-order valence-corrected chi connectivity index (χ4v) is 2.79. The number of rotatable bonds is 3. The molecular formula is C15H24N2. The maximum Gasteiger partial charge on any atom is 0.0349 e. The monoisotopic (exact) mass is 232 g/mol. The van der Waals surface area contributed by atoms with Gasteiger partial charge in [-0.3, -0.25) is 4.90 Å². The van der Waals surface area contributed by atoms with Gasteiger partial charge in [-0.25, -0.2) is 0 Å². The van der Waals surface area contributed by atoms with Crippen molar-refractivity contribution in [2.24, 2.45) is 0 Å². The van der Waals surface area contributed by atoms with Gasteiger partial charge in [0.05, 0.1) is 0 Å². The first-order valence-electron chi connectivity index (χ1n) is 6.74. The smallest absolute Gasteiger partial charge is 0.0349 e. The Hall–Kier alpha value is -0.860. The molecule has 1 atom stereocenters. The maximum absolute atomic E-state index is 3.43. The summed E-state index contributed by atoms with van der Waals surface area (Å²) in [5, 5.41) is 3.43. The van der Waals surface area contributed by atoms with Crippen LogP contribution in [0.2, 0.25) is 0 Å². The fraction of sp³-hybridized carbons (Fsp3) is 0.600. The summed E-state index contributed by atoms with van der Waals surface area (Å²) < 4.78 is 0. The van der Waals surface area contributed by atoms with Crippen LogP contribution < -0.4 is 5.32 Å². The van der Waals surface area contributed by atoms with Gasteiger partial charge < -0.3 is 5.32 Å². The Kier molecular flexibility index (Phi) is 4.19. The van der Waals surface area contributed by atoms with E-state index in [0.29, 0.717) is 6.04 Å². The van der Waals surface area contributed by atoms with E-state index >= 15 is 0 Å². The predicted molar refractivity (Wildman–Crippen MR) is 73.4 cm³/mol. The summed E-state index contributed by atoms with van der Waals surface area (Å²) in [5.74, 6) is 0. The minimum atomic E-state index is 0.594. The van der Waals surface area contributed by atoms with Gasteiger partial charge in [0.2, 0.25) is 0 Å². The average molecular weight is 232 g/mol.